The number of hydrogen-bond donors (Lipinski definition) is 0. The average molecular weight is 757 g/mol. The SMILES string of the molecule is Cc1cc(-c2ccccc2)ccc1N(c1cc(-c2ccc(-n3c4ccccc4c4ccccc43)cc2)c2oc3ccccc3c2c1)c1ccc(-c2ccccc2)cc1C. The van der Waals surface area contributed by atoms with Crippen LogP contribution in [-0.2, 0) is 0 Å². The van der Waals surface area contributed by atoms with Crippen molar-refractivity contribution in [1.82, 2.24) is 4.57 Å². The van der Waals surface area contributed by atoms with Crippen molar-refractivity contribution in [3.63, 3.8) is 0 Å². The minimum atomic E-state index is 0.876. The topological polar surface area (TPSA) is 21.3 Å². The molecular weight excluding hydrogens is 717 g/mol. The first kappa shape index (κ1) is 34.6. The normalized spacial score (nSPS) is 11.6. The molecule has 3 heteroatoms. The van der Waals surface area contributed by atoms with E-state index in [0.29, 0.717) is 0 Å². The molecule has 11 rings (SSSR count). The molecule has 0 radical (unpaired) electrons. The van der Waals surface area contributed by atoms with Gasteiger partial charge in [-0.15, -0.1) is 0 Å². The third-order valence-electron chi connectivity index (χ3n) is 11.8. The number of furan rings is 1. The van der Waals surface area contributed by atoms with Gasteiger partial charge in [0.1, 0.15) is 11.2 Å². The van der Waals surface area contributed by atoms with Gasteiger partial charge in [-0.2, -0.15) is 0 Å². The van der Waals surface area contributed by atoms with Gasteiger partial charge < -0.3 is 13.9 Å². The van der Waals surface area contributed by atoms with Crippen molar-refractivity contribution in [2.75, 3.05) is 4.90 Å². The Morgan fingerprint density at radius 2 is 0.881 bits per heavy atom. The zero-order chi connectivity index (χ0) is 39.5. The number of aromatic nitrogens is 1. The van der Waals surface area contributed by atoms with Crippen molar-refractivity contribution in [2.45, 2.75) is 13.8 Å². The molecule has 0 saturated carbocycles. The molecule has 9 aromatic carbocycles. The van der Waals surface area contributed by atoms with Crippen molar-refractivity contribution in [1.29, 1.82) is 0 Å². The van der Waals surface area contributed by atoms with E-state index in [1.165, 1.54) is 55.2 Å². The van der Waals surface area contributed by atoms with Crippen LogP contribution in [0.25, 0.3) is 82.8 Å². The van der Waals surface area contributed by atoms with Gasteiger partial charge in [0.05, 0.1) is 11.0 Å². The molecule has 59 heavy (non-hydrogen) atoms. The van der Waals surface area contributed by atoms with Gasteiger partial charge in [0, 0.05) is 49.9 Å². The minimum Gasteiger partial charge on any atom is -0.455 e. The van der Waals surface area contributed by atoms with Crippen LogP contribution in [0.5, 0.6) is 0 Å². The Balaban J connectivity index is 1.12. The number of fused-ring (bicyclic) bond motifs is 6. The summed E-state index contributed by atoms with van der Waals surface area (Å²) in [4.78, 5) is 2.44. The van der Waals surface area contributed by atoms with E-state index in [1.807, 2.05) is 6.07 Å². The number of nitrogens with zero attached hydrogens (tertiary/aromatic N) is 2. The molecule has 0 unspecified atom stereocenters. The van der Waals surface area contributed by atoms with Crippen LogP contribution in [0.15, 0.2) is 211 Å². The highest BCUT2D eigenvalue weighted by Crippen LogP contribution is 2.46. The molecule has 0 saturated heterocycles. The van der Waals surface area contributed by atoms with Crippen molar-refractivity contribution >= 4 is 60.8 Å². The molecule has 2 heterocycles. The minimum absolute atomic E-state index is 0.876. The molecule has 11 aromatic rings. The van der Waals surface area contributed by atoms with E-state index in [9.17, 15) is 0 Å². The number of hydrogen-bond acceptors (Lipinski definition) is 2. The zero-order valence-corrected chi connectivity index (χ0v) is 32.9. The fraction of sp³-hybridized carbons (Fsp3) is 0.0357. The number of para-hydroxylation sites is 3. The van der Waals surface area contributed by atoms with E-state index in [2.05, 4.69) is 224 Å². The maximum absolute atomic E-state index is 6.76. The first-order chi connectivity index (χ1) is 29.1. The first-order valence-electron chi connectivity index (χ1n) is 20.3. The Kier molecular flexibility index (Phi) is 8.27. The lowest BCUT2D eigenvalue weighted by molar-refractivity contribution is 0.670. The molecule has 0 N–H and O–H groups in total. The van der Waals surface area contributed by atoms with Crippen LogP contribution < -0.4 is 4.90 Å². The van der Waals surface area contributed by atoms with Crippen LogP contribution in [0.4, 0.5) is 17.1 Å². The van der Waals surface area contributed by atoms with Gasteiger partial charge in [0.15, 0.2) is 0 Å². The molecular formula is C56H40N2O. The molecule has 0 bridgehead atoms. The summed E-state index contributed by atoms with van der Waals surface area (Å²) < 4.78 is 9.12. The highest BCUT2D eigenvalue weighted by Gasteiger charge is 2.23. The summed E-state index contributed by atoms with van der Waals surface area (Å²) in [6, 6.07) is 74.2. The summed E-state index contributed by atoms with van der Waals surface area (Å²) in [6.07, 6.45) is 0. The summed E-state index contributed by atoms with van der Waals surface area (Å²) in [5.41, 5.74) is 17.9. The van der Waals surface area contributed by atoms with Crippen LogP contribution in [0.1, 0.15) is 11.1 Å². The van der Waals surface area contributed by atoms with E-state index in [1.54, 1.807) is 0 Å². The van der Waals surface area contributed by atoms with Gasteiger partial charge in [-0.25, -0.2) is 0 Å². The lowest BCUT2D eigenvalue weighted by Gasteiger charge is -2.30. The highest BCUT2D eigenvalue weighted by molar-refractivity contribution is 6.12. The molecule has 0 aliphatic heterocycles. The van der Waals surface area contributed by atoms with Crippen molar-refractivity contribution in [3.8, 4) is 39.1 Å². The third-order valence-corrected chi connectivity index (χ3v) is 11.8. The highest BCUT2D eigenvalue weighted by atomic mass is 16.3. The lowest BCUT2D eigenvalue weighted by Crippen LogP contribution is -2.13. The molecule has 280 valence electrons. The number of rotatable bonds is 7. The second-order valence-corrected chi connectivity index (χ2v) is 15.5. The maximum atomic E-state index is 6.76. The number of anilines is 3. The Hall–Kier alpha value is -7.62. The summed E-state index contributed by atoms with van der Waals surface area (Å²) in [5, 5.41) is 4.69. The van der Waals surface area contributed by atoms with E-state index >= 15 is 0 Å². The van der Waals surface area contributed by atoms with E-state index in [4.69, 9.17) is 4.42 Å². The molecule has 0 spiro atoms. The third kappa shape index (κ3) is 5.90. The van der Waals surface area contributed by atoms with E-state index < -0.39 is 0 Å². The van der Waals surface area contributed by atoms with Crippen LogP contribution in [0, 0.1) is 13.8 Å². The van der Waals surface area contributed by atoms with Crippen molar-refractivity contribution in [2.24, 2.45) is 0 Å². The largest absolute Gasteiger partial charge is 0.455 e. The van der Waals surface area contributed by atoms with Crippen LogP contribution in [0.3, 0.4) is 0 Å². The quantitative estimate of drug-likeness (QED) is 0.161. The molecule has 0 atom stereocenters. The molecule has 2 aromatic heterocycles. The van der Waals surface area contributed by atoms with Gasteiger partial charge in [0.25, 0.3) is 0 Å². The smallest absolute Gasteiger partial charge is 0.143 e. The Morgan fingerprint density at radius 1 is 0.390 bits per heavy atom. The van der Waals surface area contributed by atoms with Gasteiger partial charge >= 0.3 is 0 Å². The van der Waals surface area contributed by atoms with Crippen LogP contribution in [-0.4, -0.2) is 4.57 Å². The summed E-state index contributed by atoms with van der Waals surface area (Å²) in [6.45, 7) is 4.45. The average Bonchev–Trinajstić information content (AvgIpc) is 3.84. The Labute approximate surface area is 343 Å². The number of aryl methyl sites for hydroxylation is 2. The second kappa shape index (κ2) is 14.1. The standard InChI is InChI=1S/C56H40N2O/c1-37-33-42(39-15-5-3-6-16-39)27-31-51(37)58(52-32-28-43(34-38(52)2)40-17-7-4-8-18-40)45-35-49(56-50(36-45)48-21-11-14-24-55(48)59-56)41-25-29-44(30-26-41)57-53-22-12-9-19-46(53)47-20-10-13-23-54(47)57/h3-36H,1-2H3. The van der Waals surface area contributed by atoms with Gasteiger partial charge in [-0.1, -0.05) is 140 Å². The summed E-state index contributed by atoms with van der Waals surface area (Å²) >= 11 is 0. The Morgan fingerprint density at radius 3 is 1.44 bits per heavy atom. The Bertz CT molecular complexity index is 3200. The molecule has 3 nitrogen and oxygen atoms in total. The predicted octanol–water partition coefficient (Wildman–Crippen LogP) is 15.8. The summed E-state index contributed by atoms with van der Waals surface area (Å²) in [7, 11) is 0. The predicted molar refractivity (Wildman–Crippen MR) is 249 cm³/mol. The van der Waals surface area contributed by atoms with Gasteiger partial charge in [0.2, 0.25) is 0 Å². The second-order valence-electron chi connectivity index (χ2n) is 15.5. The van der Waals surface area contributed by atoms with Gasteiger partial charge in [-0.05, 0) is 120 Å². The molecule has 0 aliphatic carbocycles. The lowest BCUT2D eigenvalue weighted by atomic mass is 9.97. The number of benzene rings is 9. The van der Waals surface area contributed by atoms with E-state index in [-0.39, 0.29) is 0 Å². The van der Waals surface area contributed by atoms with Crippen molar-refractivity contribution in [3.05, 3.63) is 217 Å². The summed E-state index contributed by atoms with van der Waals surface area (Å²) in [5.74, 6) is 0. The van der Waals surface area contributed by atoms with Crippen LogP contribution >= 0.6 is 0 Å². The fourth-order valence-corrected chi connectivity index (χ4v) is 8.99. The molecule has 0 amide bonds. The molecule has 0 fully saturated rings. The molecule has 0 aliphatic rings. The monoisotopic (exact) mass is 756 g/mol. The fourth-order valence-electron chi connectivity index (χ4n) is 8.99. The maximum Gasteiger partial charge on any atom is 0.143 e. The first-order valence-corrected chi connectivity index (χ1v) is 20.3. The van der Waals surface area contributed by atoms with E-state index in [0.717, 1.165) is 55.8 Å². The van der Waals surface area contributed by atoms with Crippen molar-refractivity contribution < 1.29 is 4.42 Å². The van der Waals surface area contributed by atoms with Gasteiger partial charge in [-0.3, -0.25) is 0 Å². The zero-order valence-electron chi connectivity index (χ0n) is 32.9. The van der Waals surface area contributed by atoms with Crippen LogP contribution in [0.2, 0.25) is 0 Å².